The molecular weight excluding hydrogens is 232 g/mol. The van der Waals surface area contributed by atoms with E-state index in [1.54, 1.807) is 0 Å². The van der Waals surface area contributed by atoms with Crippen LogP contribution in [0.25, 0.3) is 0 Å². The van der Waals surface area contributed by atoms with E-state index in [1.165, 1.54) is 50.1 Å². The Labute approximate surface area is 117 Å². The quantitative estimate of drug-likeness (QED) is 0.870. The largest absolute Gasteiger partial charge is 0.385 e. The first-order chi connectivity index (χ1) is 9.14. The number of hydrogen-bond acceptors (Lipinski definition) is 2. The van der Waals surface area contributed by atoms with Gasteiger partial charge in [-0.3, -0.25) is 0 Å². The molecule has 0 radical (unpaired) electrons. The van der Waals surface area contributed by atoms with E-state index in [1.807, 2.05) is 0 Å². The highest BCUT2D eigenvalue weighted by molar-refractivity contribution is 5.54. The SMILES string of the molecule is CC1(C)CCN(CC2CCNc3ccccc32)CC1. The molecule has 2 heterocycles. The van der Waals surface area contributed by atoms with Crippen LogP contribution in [0.4, 0.5) is 5.69 Å². The molecule has 1 aromatic rings. The number of hydrogen-bond donors (Lipinski definition) is 1. The minimum Gasteiger partial charge on any atom is -0.385 e. The molecule has 0 spiro atoms. The third-order valence-electron chi connectivity index (χ3n) is 4.90. The fourth-order valence-corrected chi connectivity index (χ4v) is 3.39. The Morgan fingerprint density at radius 3 is 2.74 bits per heavy atom. The summed E-state index contributed by atoms with van der Waals surface area (Å²) in [5.74, 6) is 0.721. The molecule has 2 heteroatoms. The van der Waals surface area contributed by atoms with E-state index >= 15 is 0 Å². The molecule has 1 aromatic carbocycles. The second-order valence-electron chi connectivity index (χ2n) is 6.96. The van der Waals surface area contributed by atoms with E-state index in [9.17, 15) is 0 Å². The number of piperidine rings is 1. The van der Waals surface area contributed by atoms with Crippen LogP contribution in [0, 0.1) is 5.41 Å². The molecule has 0 aromatic heterocycles. The van der Waals surface area contributed by atoms with Gasteiger partial charge in [0.15, 0.2) is 0 Å². The second kappa shape index (κ2) is 5.16. The van der Waals surface area contributed by atoms with Gasteiger partial charge in [0.2, 0.25) is 0 Å². The zero-order chi connectivity index (χ0) is 13.3. The van der Waals surface area contributed by atoms with Gasteiger partial charge in [0, 0.05) is 24.7 Å². The van der Waals surface area contributed by atoms with Crippen molar-refractivity contribution >= 4 is 5.69 Å². The maximum Gasteiger partial charge on any atom is 0.0376 e. The number of fused-ring (bicyclic) bond motifs is 1. The standard InChI is InChI=1S/C17H26N2/c1-17(2)8-11-19(12-9-17)13-14-7-10-18-16-6-4-3-5-15(14)16/h3-6,14,18H,7-13H2,1-2H3. The molecule has 1 N–H and O–H groups in total. The maximum atomic E-state index is 3.52. The van der Waals surface area contributed by atoms with Crippen molar-refractivity contribution in [2.45, 2.75) is 39.0 Å². The summed E-state index contributed by atoms with van der Waals surface area (Å²) in [6, 6.07) is 8.84. The molecule has 0 bridgehead atoms. The molecule has 2 aliphatic heterocycles. The predicted octanol–water partition coefficient (Wildman–Crippen LogP) is 3.71. The van der Waals surface area contributed by atoms with Crippen molar-refractivity contribution in [3.63, 3.8) is 0 Å². The van der Waals surface area contributed by atoms with Crippen LogP contribution < -0.4 is 5.32 Å². The lowest BCUT2D eigenvalue weighted by atomic mass is 9.82. The first kappa shape index (κ1) is 13.0. The Bertz CT molecular complexity index is 429. The number of benzene rings is 1. The van der Waals surface area contributed by atoms with Crippen molar-refractivity contribution in [2.24, 2.45) is 5.41 Å². The molecule has 3 rings (SSSR count). The number of rotatable bonds is 2. The van der Waals surface area contributed by atoms with Crippen LogP contribution in [0.5, 0.6) is 0 Å². The fourth-order valence-electron chi connectivity index (χ4n) is 3.39. The van der Waals surface area contributed by atoms with Crippen LogP contribution in [0.3, 0.4) is 0 Å². The molecule has 1 atom stereocenters. The number of nitrogens with one attached hydrogen (secondary N) is 1. The van der Waals surface area contributed by atoms with Crippen molar-refractivity contribution in [3.8, 4) is 0 Å². The molecule has 19 heavy (non-hydrogen) atoms. The van der Waals surface area contributed by atoms with Gasteiger partial charge in [-0.25, -0.2) is 0 Å². The van der Waals surface area contributed by atoms with Crippen LogP contribution in [0.1, 0.15) is 44.6 Å². The third kappa shape index (κ3) is 2.94. The Morgan fingerprint density at radius 1 is 1.21 bits per heavy atom. The molecule has 0 saturated carbocycles. The summed E-state index contributed by atoms with van der Waals surface area (Å²) in [4.78, 5) is 2.68. The van der Waals surface area contributed by atoms with Gasteiger partial charge in [-0.15, -0.1) is 0 Å². The number of likely N-dealkylation sites (tertiary alicyclic amines) is 1. The lowest BCUT2D eigenvalue weighted by Gasteiger charge is -2.39. The van der Waals surface area contributed by atoms with E-state index in [2.05, 4.69) is 48.3 Å². The van der Waals surface area contributed by atoms with Crippen molar-refractivity contribution in [2.75, 3.05) is 31.5 Å². The Balaban J connectivity index is 1.65. The third-order valence-corrected chi connectivity index (χ3v) is 4.90. The molecular formula is C17H26N2. The van der Waals surface area contributed by atoms with E-state index in [0.717, 1.165) is 12.5 Å². The topological polar surface area (TPSA) is 15.3 Å². The summed E-state index contributed by atoms with van der Waals surface area (Å²) in [6.45, 7) is 9.74. The second-order valence-corrected chi connectivity index (χ2v) is 6.96. The normalized spacial score (nSPS) is 26.5. The van der Waals surface area contributed by atoms with Crippen molar-refractivity contribution in [1.82, 2.24) is 4.90 Å². The summed E-state index contributed by atoms with van der Waals surface area (Å²) in [5, 5.41) is 3.52. The average molecular weight is 258 g/mol. The van der Waals surface area contributed by atoms with Crippen LogP contribution in [-0.4, -0.2) is 31.1 Å². The zero-order valence-electron chi connectivity index (χ0n) is 12.3. The number of anilines is 1. The van der Waals surface area contributed by atoms with Crippen LogP contribution in [-0.2, 0) is 0 Å². The molecule has 104 valence electrons. The van der Waals surface area contributed by atoms with Gasteiger partial charge in [-0.1, -0.05) is 32.0 Å². The van der Waals surface area contributed by atoms with Gasteiger partial charge in [-0.2, -0.15) is 0 Å². The van der Waals surface area contributed by atoms with Gasteiger partial charge < -0.3 is 10.2 Å². The minimum absolute atomic E-state index is 0.558. The summed E-state index contributed by atoms with van der Waals surface area (Å²) in [7, 11) is 0. The summed E-state index contributed by atoms with van der Waals surface area (Å²) in [5.41, 5.74) is 3.44. The monoisotopic (exact) mass is 258 g/mol. The molecule has 1 fully saturated rings. The highest BCUT2D eigenvalue weighted by Crippen LogP contribution is 2.34. The van der Waals surface area contributed by atoms with E-state index in [0.29, 0.717) is 5.41 Å². The first-order valence-corrected chi connectivity index (χ1v) is 7.69. The van der Waals surface area contributed by atoms with Gasteiger partial charge >= 0.3 is 0 Å². The highest BCUT2D eigenvalue weighted by atomic mass is 15.1. The van der Waals surface area contributed by atoms with E-state index in [-0.39, 0.29) is 0 Å². The van der Waals surface area contributed by atoms with Gasteiger partial charge in [0.05, 0.1) is 0 Å². The summed E-state index contributed by atoms with van der Waals surface area (Å²) in [6.07, 6.45) is 3.97. The van der Waals surface area contributed by atoms with E-state index < -0.39 is 0 Å². The van der Waals surface area contributed by atoms with Crippen LogP contribution in [0.2, 0.25) is 0 Å². The molecule has 2 aliphatic rings. The smallest absolute Gasteiger partial charge is 0.0376 e. The van der Waals surface area contributed by atoms with Crippen molar-refractivity contribution in [1.29, 1.82) is 0 Å². The molecule has 2 nitrogen and oxygen atoms in total. The first-order valence-electron chi connectivity index (χ1n) is 7.69. The molecule has 1 unspecified atom stereocenters. The molecule has 1 saturated heterocycles. The van der Waals surface area contributed by atoms with Crippen molar-refractivity contribution < 1.29 is 0 Å². The average Bonchev–Trinajstić information content (AvgIpc) is 2.42. The predicted molar refractivity (Wildman–Crippen MR) is 81.7 cm³/mol. The summed E-state index contributed by atoms with van der Waals surface area (Å²) < 4.78 is 0. The van der Waals surface area contributed by atoms with E-state index in [4.69, 9.17) is 0 Å². The highest BCUT2D eigenvalue weighted by Gasteiger charge is 2.28. The lowest BCUT2D eigenvalue weighted by Crippen LogP contribution is -2.40. The van der Waals surface area contributed by atoms with Crippen molar-refractivity contribution in [3.05, 3.63) is 29.8 Å². The zero-order valence-corrected chi connectivity index (χ0v) is 12.3. The Morgan fingerprint density at radius 2 is 1.95 bits per heavy atom. The van der Waals surface area contributed by atoms with Gasteiger partial charge in [0.25, 0.3) is 0 Å². The maximum absolute atomic E-state index is 3.52. The van der Waals surface area contributed by atoms with Gasteiger partial charge in [-0.05, 0) is 49.4 Å². The van der Waals surface area contributed by atoms with Crippen LogP contribution in [0.15, 0.2) is 24.3 Å². The fraction of sp³-hybridized carbons (Fsp3) is 0.647. The number of para-hydroxylation sites is 1. The minimum atomic E-state index is 0.558. The summed E-state index contributed by atoms with van der Waals surface area (Å²) >= 11 is 0. The number of nitrogens with zero attached hydrogens (tertiary/aromatic N) is 1. The lowest BCUT2D eigenvalue weighted by molar-refractivity contribution is 0.125. The van der Waals surface area contributed by atoms with Crippen LogP contribution >= 0.6 is 0 Å². The molecule has 0 amide bonds. The Kier molecular flexibility index (Phi) is 3.53. The Hall–Kier alpha value is -1.02. The van der Waals surface area contributed by atoms with Gasteiger partial charge in [0.1, 0.15) is 0 Å². The molecule has 0 aliphatic carbocycles.